The third-order valence-corrected chi connectivity index (χ3v) is 5.18. The number of carbonyl (C=O) groups excluding carboxylic acids is 1. The molecule has 0 bridgehead atoms. The van der Waals surface area contributed by atoms with E-state index >= 15 is 0 Å². The average Bonchev–Trinajstić information content (AvgIpc) is 3.16. The second kappa shape index (κ2) is 9.18. The van der Waals surface area contributed by atoms with E-state index in [1.807, 2.05) is 50.2 Å². The van der Waals surface area contributed by atoms with Crippen LogP contribution in [-0.2, 0) is 13.0 Å². The molecule has 0 aliphatic heterocycles. The molecule has 2 aromatic carbocycles. The van der Waals surface area contributed by atoms with E-state index in [2.05, 4.69) is 5.32 Å². The van der Waals surface area contributed by atoms with Gasteiger partial charge in [-0.3, -0.25) is 0 Å². The van der Waals surface area contributed by atoms with Gasteiger partial charge in [-0.05, 0) is 61.2 Å². The molecule has 3 aromatic rings. The Morgan fingerprint density at radius 2 is 1.82 bits per heavy atom. The summed E-state index contributed by atoms with van der Waals surface area (Å²) in [6, 6.07) is 14.8. The summed E-state index contributed by atoms with van der Waals surface area (Å²) in [6.45, 7) is 4.81. The molecular formula is C22H22Cl2N2O2. The predicted octanol–water partition coefficient (Wildman–Crippen LogP) is 6.48. The first-order chi connectivity index (χ1) is 13.4. The molecule has 0 radical (unpaired) electrons. The second-order valence-corrected chi connectivity index (χ2v) is 7.53. The molecule has 2 amide bonds. The molecule has 0 unspecified atom stereocenters. The highest BCUT2D eigenvalue weighted by molar-refractivity contribution is 6.35. The third kappa shape index (κ3) is 5.09. The van der Waals surface area contributed by atoms with Crippen molar-refractivity contribution < 1.29 is 9.21 Å². The molecule has 1 N–H and O–H groups in total. The number of urea groups is 1. The van der Waals surface area contributed by atoms with Gasteiger partial charge >= 0.3 is 6.03 Å². The number of benzene rings is 2. The van der Waals surface area contributed by atoms with Crippen LogP contribution in [0, 0.1) is 13.8 Å². The number of nitrogens with zero attached hydrogens (tertiary/aromatic N) is 1. The molecule has 0 fully saturated rings. The Hall–Kier alpha value is -2.43. The average molecular weight is 417 g/mol. The number of halogens is 2. The molecule has 6 heteroatoms. The fourth-order valence-corrected chi connectivity index (χ4v) is 3.52. The molecule has 4 nitrogen and oxygen atoms in total. The summed E-state index contributed by atoms with van der Waals surface area (Å²) in [5.74, 6) is 0.721. The van der Waals surface area contributed by atoms with Crippen molar-refractivity contribution in [2.45, 2.75) is 26.8 Å². The van der Waals surface area contributed by atoms with Crippen molar-refractivity contribution in [3.8, 4) is 0 Å². The summed E-state index contributed by atoms with van der Waals surface area (Å²) in [7, 11) is 0. The fourth-order valence-electron chi connectivity index (χ4n) is 3.02. The van der Waals surface area contributed by atoms with E-state index < -0.39 is 0 Å². The van der Waals surface area contributed by atoms with Gasteiger partial charge in [-0.1, -0.05) is 47.5 Å². The maximum atomic E-state index is 13.0. The van der Waals surface area contributed by atoms with E-state index in [1.54, 1.807) is 23.3 Å². The van der Waals surface area contributed by atoms with Crippen molar-refractivity contribution in [1.29, 1.82) is 0 Å². The number of para-hydroxylation sites is 1. The quantitative estimate of drug-likeness (QED) is 0.499. The van der Waals surface area contributed by atoms with Crippen molar-refractivity contribution in [3.63, 3.8) is 0 Å². The SMILES string of the molecule is Cc1cccc(C)c1NC(=O)N(CCc1ccc(Cl)cc1Cl)Cc1ccco1. The van der Waals surface area contributed by atoms with Gasteiger partial charge in [0, 0.05) is 22.3 Å². The van der Waals surface area contributed by atoms with E-state index in [4.69, 9.17) is 27.6 Å². The maximum Gasteiger partial charge on any atom is 0.322 e. The minimum Gasteiger partial charge on any atom is -0.467 e. The van der Waals surface area contributed by atoms with Gasteiger partial charge in [0.15, 0.2) is 0 Å². The Bertz CT molecular complexity index is 935. The smallest absolute Gasteiger partial charge is 0.322 e. The lowest BCUT2D eigenvalue weighted by Gasteiger charge is -2.23. The standard InChI is InChI=1S/C22H22Cl2N2O2/c1-15-5-3-6-16(2)21(15)25-22(27)26(14-19-7-4-12-28-19)11-10-17-8-9-18(23)13-20(17)24/h3-9,12-13H,10-11,14H2,1-2H3,(H,25,27). The van der Waals surface area contributed by atoms with E-state index in [0.717, 1.165) is 28.1 Å². The molecule has 146 valence electrons. The Morgan fingerprint density at radius 1 is 1.07 bits per heavy atom. The zero-order valence-corrected chi connectivity index (χ0v) is 17.3. The first kappa shape index (κ1) is 20.3. The fraction of sp³-hybridized carbons (Fsp3) is 0.227. The largest absolute Gasteiger partial charge is 0.467 e. The van der Waals surface area contributed by atoms with Crippen LogP contribution in [0.4, 0.5) is 10.5 Å². The molecule has 3 rings (SSSR count). The Morgan fingerprint density at radius 3 is 2.46 bits per heavy atom. The maximum absolute atomic E-state index is 13.0. The van der Waals surface area contributed by atoms with Crippen LogP contribution in [-0.4, -0.2) is 17.5 Å². The Labute approximate surface area is 175 Å². The van der Waals surface area contributed by atoms with Gasteiger partial charge in [-0.25, -0.2) is 4.79 Å². The lowest BCUT2D eigenvalue weighted by molar-refractivity contribution is 0.205. The van der Waals surface area contributed by atoms with Crippen LogP contribution < -0.4 is 5.32 Å². The van der Waals surface area contributed by atoms with Crippen LogP contribution in [0.25, 0.3) is 0 Å². The number of furan rings is 1. The Balaban J connectivity index is 1.77. The van der Waals surface area contributed by atoms with Crippen LogP contribution in [0.2, 0.25) is 10.0 Å². The van der Waals surface area contributed by atoms with E-state index in [1.165, 1.54) is 0 Å². The molecule has 0 saturated heterocycles. The number of nitrogens with one attached hydrogen (secondary N) is 1. The third-order valence-electron chi connectivity index (χ3n) is 4.59. The van der Waals surface area contributed by atoms with Crippen molar-refractivity contribution in [1.82, 2.24) is 4.90 Å². The Kier molecular flexibility index (Phi) is 6.65. The lowest BCUT2D eigenvalue weighted by atomic mass is 10.1. The molecule has 0 aliphatic carbocycles. The minimum atomic E-state index is -0.182. The van der Waals surface area contributed by atoms with Gasteiger partial charge in [0.2, 0.25) is 0 Å². The van der Waals surface area contributed by atoms with Gasteiger partial charge in [-0.15, -0.1) is 0 Å². The van der Waals surface area contributed by atoms with Crippen LogP contribution >= 0.6 is 23.2 Å². The number of carbonyl (C=O) groups is 1. The first-order valence-corrected chi connectivity index (χ1v) is 9.78. The molecular weight excluding hydrogens is 395 g/mol. The van der Waals surface area contributed by atoms with Crippen LogP contribution in [0.5, 0.6) is 0 Å². The molecule has 0 saturated carbocycles. The monoisotopic (exact) mass is 416 g/mol. The predicted molar refractivity (Wildman–Crippen MR) is 114 cm³/mol. The van der Waals surface area contributed by atoms with Crippen LogP contribution in [0.3, 0.4) is 0 Å². The highest BCUT2D eigenvalue weighted by Crippen LogP contribution is 2.23. The highest BCUT2D eigenvalue weighted by Gasteiger charge is 2.18. The lowest BCUT2D eigenvalue weighted by Crippen LogP contribution is -2.36. The van der Waals surface area contributed by atoms with Crippen molar-refractivity contribution in [2.75, 3.05) is 11.9 Å². The summed E-state index contributed by atoms with van der Waals surface area (Å²) in [4.78, 5) is 14.7. The number of aryl methyl sites for hydroxylation is 2. The van der Waals surface area contributed by atoms with E-state index in [0.29, 0.717) is 29.6 Å². The summed E-state index contributed by atoms with van der Waals surface area (Å²) < 4.78 is 5.44. The van der Waals surface area contributed by atoms with Crippen molar-refractivity contribution in [3.05, 3.63) is 87.3 Å². The molecule has 28 heavy (non-hydrogen) atoms. The number of rotatable bonds is 6. The van der Waals surface area contributed by atoms with E-state index in [9.17, 15) is 4.79 Å². The number of hydrogen-bond donors (Lipinski definition) is 1. The molecule has 1 aromatic heterocycles. The number of anilines is 1. The van der Waals surface area contributed by atoms with Gasteiger partial charge in [0.05, 0.1) is 12.8 Å². The summed E-state index contributed by atoms with van der Waals surface area (Å²) in [5, 5.41) is 4.23. The van der Waals surface area contributed by atoms with Gasteiger partial charge < -0.3 is 14.6 Å². The van der Waals surface area contributed by atoms with Gasteiger partial charge in [-0.2, -0.15) is 0 Å². The second-order valence-electron chi connectivity index (χ2n) is 6.68. The summed E-state index contributed by atoms with van der Waals surface area (Å²) in [6.07, 6.45) is 2.21. The molecule has 0 aliphatic rings. The van der Waals surface area contributed by atoms with Crippen molar-refractivity contribution >= 4 is 34.9 Å². The number of hydrogen-bond acceptors (Lipinski definition) is 2. The van der Waals surface area contributed by atoms with Gasteiger partial charge in [0.25, 0.3) is 0 Å². The molecule has 0 atom stereocenters. The molecule has 1 heterocycles. The topological polar surface area (TPSA) is 45.5 Å². The normalized spacial score (nSPS) is 10.7. The van der Waals surface area contributed by atoms with E-state index in [-0.39, 0.29) is 6.03 Å². The summed E-state index contributed by atoms with van der Waals surface area (Å²) in [5.41, 5.74) is 3.82. The number of amides is 2. The zero-order valence-electron chi connectivity index (χ0n) is 15.8. The van der Waals surface area contributed by atoms with Crippen LogP contribution in [0.15, 0.2) is 59.2 Å². The zero-order chi connectivity index (χ0) is 20.1. The highest BCUT2D eigenvalue weighted by atomic mass is 35.5. The molecule has 0 spiro atoms. The van der Waals surface area contributed by atoms with Gasteiger partial charge in [0.1, 0.15) is 5.76 Å². The summed E-state index contributed by atoms with van der Waals surface area (Å²) >= 11 is 12.3. The minimum absolute atomic E-state index is 0.182. The van der Waals surface area contributed by atoms with Crippen LogP contribution in [0.1, 0.15) is 22.5 Å². The van der Waals surface area contributed by atoms with Crippen molar-refractivity contribution in [2.24, 2.45) is 0 Å². The first-order valence-electron chi connectivity index (χ1n) is 9.02.